The lowest BCUT2D eigenvalue weighted by atomic mass is 9.95. The van der Waals surface area contributed by atoms with Crippen LogP contribution in [0.3, 0.4) is 0 Å². The molecule has 1 atom stereocenters. The molecule has 104 valence electrons. The van der Waals surface area contributed by atoms with Gasteiger partial charge in [-0.25, -0.2) is 0 Å². The van der Waals surface area contributed by atoms with Gasteiger partial charge in [0.1, 0.15) is 0 Å². The molecule has 1 aromatic heterocycles. The Labute approximate surface area is 120 Å². The van der Waals surface area contributed by atoms with E-state index in [2.05, 4.69) is 43.2 Å². The van der Waals surface area contributed by atoms with Gasteiger partial charge in [0.05, 0.1) is 5.02 Å². The summed E-state index contributed by atoms with van der Waals surface area (Å²) in [5, 5.41) is 5.54. The molecule has 0 saturated carbocycles. The Kier molecular flexibility index (Phi) is 4.89. The average molecular weight is 279 g/mol. The summed E-state index contributed by atoms with van der Waals surface area (Å²) in [7, 11) is 0. The molecular weight excluding hydrogens is 256 g/mol. The third-order valence-electron chi connectivity index (χ3n) is 4.07. The van der Waals surface area contributed by atoms with E-state index in [-0.39, 0.29) is 0 Å². The van der Waals surface area contributed by atoms with Gasteiger partial charge < -0.3 is 10.3 Å². The molecule has 0 aliphatic heterocycles. The maximum atomic E-state index is 6.42. The molecule has 0 saturated heterocycles. The monoisotopic (exact) mass is 278 g/mol. The summed E-state index contributed by atoms with van der Waals surface area (Å²) in [6, 6.07) is 8.68. The predicted octanol–water partition coefficient (Wildman–Crippen LogP) is 4.74. The second kappa shape index (κ2) is 6.44. The Hall–Kier alpha value is -0.990. The van der Waals surface area contributed by atoms with E-state index in [9.17, 15) is 0 Å². The van der Waals surface area contributed by atoms with Crippen molar-refractivity contribution in [2.24, 2.45) is 5.92 Å². The van der Waals surface area contributed by atoms with Crippen LogP contribution in [0.4, 0.5) is 0 Å². The highest BCUT2D eigenvalue weighted by atomic mass is 35.5. The molecule has 0 radical (unpaired) electrons. The Morgan fingerprint density at radius 2 is 1.89 bits per heavy atom. The summed E-state index contributed by atoms with van der Waals surface area (Å²) >= 11 is 6.42. The first-order chi connectivity index (χ1) is 9.17. The molecule has 1 heterocycles. The van der Waals surface area contributed by atoms with Gasteiger partial charge in [-0.05, 0) is 18.9 Å². The highest BCUT2D eigenvalue weighted by Crippen LogP contribution is 2.27. The van der Waals surface area contributed by atoms with Crippen molar-refractivity contribution in [1.29, 1.82) is 0 Å². The molecule has 2 N–H and O–H groups in total. The van der Waals surface area contributed by atoms with Crippen LogP contribution in [0.25, 0.3) is 10.9 Å². The lowest BCUT2D eigenvalue weighted by Crippen LogP contribution is -2.32. The molecule has 2 aromatic rings. The molecule has 0 bridgehead atoms. The van der Waals surface area contributed by atoms with Gasteiger partial charge >= 0.3 is 0 Å². The fourth-order valence-corrected chi connectivity index (χ4v) is 2.99. The van der Waals surface area contributed by atoms with Crippen molar-refractivity contribution < 1.29 is 0 Å². The average Bonchev–Trinajstić information content (AvgIpc) is 2.75. The van der Waals surface area contributed by atoms with E-state index < -0.39 is 0 Å². The fourth-order valence-electron chi connectivity index (χ4n) is 2.71. The normalized spacial score (nSPS) is 13.3. The van der Waals surface area contributed by atoms with Crippen molar-refractivity contribution in [3.63, 3.8) is 0 Å². The van der Waals surface area contributed by atoms with Crippen molar-refractivity contribution in [3.8, 4) is 0 Å². The zero-order chi connectivity index (χ0) is 13.8. The smallest absolute Gasteiger partial charge is 0.0705 e. The van der Waals surface area contributed by atoms with Crippen molar-refractivity contribution in [1.82, 2.24) is 10.3 Å². The lowest BCUT2D eigenvalue weighted by molar-refractivity contribution is 0.352. The van der Waals surface area contributed by atoms with Crippen molar-refractivity contribution in [3.05, 3.63) is 35.0 Å². The number of benzene rings is 1. The van der Waals surface area contributed by atoms with Gasteiger partial charge in [-0.1, -0.05) is 56.5 Å². The van der Waals surface area contributed by atoms with E-state index in [4.69, 9.17) is 11.6 Å². The van der Waals surface area contributed by atoms with Crippen LogP contribution in [0.5, 0.6) is 0 Å². The largest absolute Gasteiger partial charge is 0.356 e. The number of hydrogen-bond acceptors (Lipinski definition) is 1. The van der Waals surface area contributed by atoms with Crippen LogP contribution in [-0.4, -0.2) is 11.0 Å². The van der Waals surface area contributed by atoms with Crippen molar-refractivity contribution in [2.75, 3.05) is 0 Å². The Bertz CT molecular complexity index is 529. The second-order valence-electron chi connectivity index (χ2n) is 5.21. The minimum atomic E-state index is 0.512. The van der Waals surface area contributed by atoms with Gasteiger partial charge in [0, 0.05) is 29.2 Å². The van der Waals surface area contributed by atoms with Crippen molar-refractivity contribution >= 4 is 22.5 Å². The van der Waals surface area contributed by atoms with Gasteiger partial charge in [-0.15, -0.1) is 0 Å². The maximum absolute atomic E-state index is 6.42. The third kappa shape index (κ3) is 3.13. The van der Waals surface area contributed by atoms with Gasteiger partial charge in [0.25, 0.3) is 0 Å². The summed E-state index contributed by atoms with van der Waals surface area (Å²) < 4.78 is 0. The molecule has 1 aromatic carbocycles. The Morgan fingerprint density at radius 1 is 1.21 bits per heavy atom. The predicted molar refractivity (Wildman–Crippen MR) is 83.7 cm³/mol. The molecule has 0 fully saturated rings. The number of hydrogen-bond donors (Lipinski definition) is 2. The van der Waals surface area contributed by atoms with Gasteiger partial charge in [-0.3, -0.25) is 0 Å². The molecular formula is C16H23ClN2. The molecule has 0 aliphatic carbocycles. The highest BCUT2D eigenvalue weighted by Gasteiger charge is 2.14. The first-order valence-electron chi connectivity index (χ1n) is 7.15. The van der Waals surface area contributed by atoms with E-state index in [0.29, 0.717) is 6.04 Å². The van der Waals surface area contributed by atoms with Crippen LogP contribution in [0, 0.1) is 5.92 Å². The van der Waals surface area contributed by atoms with Crippen LogP contribution in [-0.2, 0) is 6.54 Å². The van der Waals surface area contributed by atoms with Crippen LogP contribution in [0.15, 0.2) is 24.3 Å². The molecule has 19 heavy (non-hydrogen) atoms. The number of rotatable bonds is 6. The lowest BCUT2D eigenvalue weighted by Gasteiger charge is -2.22. The standard InChI is InChI=1S/C16H23ClN2/c1-4-12(5-2)11(3)18-10-15-16(17)13-8-6-7-9-14(13)19-15/h6-9,11-12,18-19H,4-5,10H2,1-3H3. The number of para-hydroxylation sites is 1. The summed E-state index contributed by atoms with van der Waals surface area (Å²) in [6.45, 7) is 7.56. The summed E-state index contributed by atoms with van der Waals surface area (Å²) in [5.41, 5.74) is 2.19. The van der Waals surface area contributed by atoms with E-state index in [1.165, 1.54) is 12.8 Å². The van der Waals surface area contributed by atoms with Gasteiger partial charge in [-0.2, -0.15) is 0 Å². The van der Waals surface area contributed by atoms with Gasteiger partial charge in [0.15, 0.2) is 0 Å². The van der Waals surface area contributed by atoms with Gasteiger partial charge in [0.2, 0.25) is 0 Å². The summed E-state index contributed by atoms with van der Waals surface area (Å²) in [5.74, 6) is 0.725. The highest BCUT2D eigenvalue weighted by molar-refractivity contribution is 6.36. The summed E-state index contributed by atoms with van der Waals surface area (Å²) in [4.78, 5) is 3.40. The Morgan fingerprint density at radius 3 is 2.53 bits per heavy atom. The number of H-pyrrole nitrogens is 1. The van der Waals surface area contributed by atoms with Crippen LogP contribution in [0.2, 0.25) is 5.02 Å². The molecule has 2 nitrogen and oxygen atoms in total. The molecule has 0 amide bonds. The molecule has 2 rings (SSSR count). The van der Waals surface area contributed by atoms with E-state index in [1.807, 2.05) is 12.1 Å². The van der Waals surface area contributed by atoms with Crippen LogP contribution < -0.4 is 5.32 Å². The minimum Gasteiger partial charge on any atom is -0.356 e. The topological polar surface area (TPSA) is 27.8 Å². The number of fused-ring (bicyclic) bond motifs is 1. The maximum Gasteiger partial charge on any atom is 0.0705 e. The SMILES string of the molecule is CCC(CC)C(C)NCc1[nH]c2ccccc2c1Cl. The van der Waals surface area contributed by atoms with E-state index in [1.54, 1.807) is 0 Å². The Balaban J connectivity index is 2.07. The number of aromatic amines is 1. The number of aromatic nitrogens is 1. The van der Waals surface area contributed by atoms with Crippen molar-refractivity contribution in [2.45, 2.75) is 46.2 Å². The summed E-state index contributed by atoms with van der Waals surface area (Å²) in [6.07, 6.45) is 2.43. The fraction of sp³-hybridized carbons (Fsp3) is 0.500. The third-order valence-corrected chi connectivity index (χ3v) is 4.50. The minimum absolute atomic E-state index is 0.512. The molecule has 0 aliphatic rings. The van der Waals surface area contributed by atoms with Crippen LogP contribution >= 0.6 is 11.6 Å². The first kappa shape index (κ1) is 14.4. The zero-order valence-electron chi connectivity index (χ0n) is 12.0. The quantitative estimate of drug-likeness (QED) is 0.785. The number of halogens is 1. The first-order valence-corrected chi connectivity index (χ1v) is 7.53. The second-order valence-corrected chi connectivity index (χ2v) is 5.59. The zero-order valence-corrected chi connectivity index (χ0v) is 12.7. The molecule has 3 heteroatoms. The molecule has 1 unspecified atom stereocenters. The van der Waals surface area contributed by atoms with E-state index >= 15 is 0 Å². The molecule has 0 spiro atoms. The number of nitrogens with one attached hydrogen (secondary N) is 2. The van der Waals surface area contributed by atoms with E-state index in [0.717, 1.165) is 34.1 Å². The van der Waals surface area contributed by atoms with Crippen LogP contribution in [0.1, 0.15) is 39.3 Å².